The number of carbonyl (C=O) groups is 1. The van der Waals surface area contributed by atoms with E-state index < -0.39 is 0 Å². The molecule has 1 aliphatic rings. The van der Waals surface area contributed by atoms with E-state index in [1.807, 2.05) is 12.1 Å². The molecule has 1 amide bonds. The Morgan fingerprint density at radius 2 is 1.94 bits per heavy atom. The van der Waals surface area contributed by atoms with Crippen LogP contribution in [0.5, 0.6) is 0 Å². The maximum absolute atomic E-state index is 11.0. The van der Waals surface area contributed by atoms with E-state index in [-0.39, 0.29) is 18.7 Å². The van der Waals surface area contributed by atoms with Crippen molar-refractivity contribution in [1.29, 1.82) is 0 Å². The SMILES string of the molecule is NCC(=O)Nc1ccc(C2OCCO2)cc1. The van der Waals surface area contributed by atoms with Crippen LogP contribution in [0.4, 0.5) is 5.69 Å². The highest BCUT2D eigenvalue weighted by molar-refractivity contribution is 5.92. The molecule has 0 saturated carbocycles. The van der Waals surface area contributed by atoms with E-state index in [9.17, 15) is 4.79 Å². The summed E-state index contributed by atoms with van der Waals surface area (Å²) in [6, 6.07) is 7.33. The van der Waals surface area contributed by atoms with E-state index in [1.165, 1.54) is 0 Å². The lowest BCUT2D eigenvalue weighted by molar-refractivity contribution is -0.114. The molecule has 0 unspecified atom stereocenters. The van der Waals surface area contributed by atoms with E-state index in [0.29, 0.717) is 13.2 Å². The largest absolute Gasteiger partial charge is 0.346 e. The van der Waals surface area contributed by atoms with Crippen molar-refractivity contribution >= 4 is 11.6 Å². The molecule has 86 valence electrons. The number of rotatable bonds is 3. The average Bonchev–Trinajstić information content (AvgIpc) is 2.83. The van der Waals surface area contributed by atoms with Crippen molar-refractivity contribution in [2.24, 2.45) is 5.73 Å². The number of carbonyl (C=O) groups excluding carboxylic acids is 1. The summed E-state index contributed by atoms with van der Waals surface area (Å²) in [5, 5.41) is 2.66. The van der Waals surface area contributed by atoms with Crippen LogP contribution in [0, 0.1) is 0 Å². The van der Waals surface area contributed by atoms with Crippen LogP contribution < -0.4 is 11.1 Å². The van der Waals surface area contributed by atoms with Gasteiger partial charge in [-0.3, -0.25) is 4.79 Å². The molecule has 1 fully saturated rings. The van der Waals surface area contributed by atoms with Crippen LogP contribution in [0.2, 0.25) is 0 Å². The molecule has 16 heavy (non-hydrogen) atoms. The Kier molecular flexibility index (Phi) is 3.51. The zero-order valence-electron chi connectivity index (χ0n) is 8.81. The van der Waals surface area contributed by atoms with Crippen LogP contribution in [0.1, 0.15) is 11.9 Å². The van der Waals surface area contributed by atoms with Gasteiger partial charge in [0.15, 0.2) is 6.29 Å². The summed E-state index contributed by atoms with van der Waals surface area (Å²) < 4.78 is 10.7. The highest BCUT2D eigenvalue weighted by Crippen LogP contribution is 2.24. The average molecular weight is 222 g/mol. The van der Waals surface area contributed by atoms with Crippen molar-refractivity contribution in [2.45, 2.75) is 6.29 Å². The van der Waals surface area contributed by atoms with Gasteiger partial charge in [-0.1, -0.05) is 12.1 Å². The second kappa shape index (κ2) is 5.07. The maximum Gasteiger partial charge on any atom is 0.238 e. The highest BCUT2D eigenvalue weighted by Gasteiger charge is 2.17. The van der Waals surface area contributed by atoms with Crippen LogP contribution in [0.25, 0.3) is 0 Å². The van der Waals surface area contributed by atoms with Gasteiger partial charge in [-0.25, -0.2) is 0 Å². The van der Waals surface area contributed by atoms with Crippen molar-refractivity contribution in [2.75, 3.05) is 25.1 Å². The molecule has 3 N–H and O–H groups in total. The molecule has 1 saturated heterocycles. The van der Waals surface area contributed by atoms with Crippen LogP contribution >= 0.6 is 0 Å². The zero-order chi connectivity index (χ0) is 11.4. The van der Waals surface area contributed by atoms with Gasteiger partial charge in [0, 0.05) is 11.3 Å². The Balaban J connectivity index is 2.01. The molecule has 1 aromatic rings. The Bertz CT molecular complexity index is 358. The van der Waals surface area contributed by atoms with Crippen LogP contribution in [0.15, 0.2) is 24.3 Å². The molecule has 0 atom stereocenters. The first-order valence-corrected chi connectivity index (χ1v) is 5.12. The summed E-state index contributed by atoms with van der Waals surface area (Å²) in [6.45, 7) is 1.23. The van der Waals surface area contributed by atoms with E-state index in [4.69, 9.17) is 15.2 Å². The summed E-state index contributed by atoms with van der Waals surface area (Å²) in [5.74, 6) is -0.207. The molecular formula is C11H14N2O3. The second-order valence-electron chi connectivity index (χ2n) is 3.45. The Hall–Kier alpha value is -1.43. The molecule has 0 aliphatic carbocycles. The predicted octanol–water partition coefficient (Wildman–Crippen LogP) is 0.629. The molecule has 0 radical (unpaired) electrons. The van der Waals surface area contributed by atoms with Gasteiger partial charge < -0.3 is 20.5 Å². The van der Waals surface area contributed by atoms with Crippen LogP contribution in [-0.4, -0.2) is 25.7 Å². The van der Waals surface area contributed by atoms with E-state index in [2.05, 4.69) is 5.32 Å². The summed E-state index contributed by atoms with van der Waals surface area (Å²) >= 11 is 0. The normalized spacial score (nSPS) is 16.3. The minimum atomic E-state index is -0.278. The molecule has 2 rings (SSSR count). The number of hydrogen-bond donors (Lipinski definition) is 2. The van der Waals surface area contributed by atoms with Crippen molar-refractivity contribution < 1.29 is 14.3 Å². The van der Waals surface area contributed by atoms with Crippen LogP contribution in [-0.2, 0) is 14.3 Å². The van der Waals surface area contributed by atoms with E-state index >= 15 is 0 Å². The van der Waals surface area contributed by atoms with Crippen molar-refractivity contribution in [3.05, 3.63) is 29.8 Å². The van der Waals surface area contributed by atoms with Crippen molar-refractivity contribution in [3.63, 3.8) is 0 Å². The lowest BCUT2D eigenvalue weighted by Crippen LogP contribution is -2.21. The van der Waals surface area contributed by atoms with Crippen molar-refractivity contribution in [1.82, 2.24) is 0 Å². The monoisotopic (exact) mass is 222 g/mol. The molecular weight excluding hydrogens is 208 g/mol. The Morgan fingerprint density at radius 3 is 2.50 bits per heavy atom. The highest BCUT2D eigenvalue weighted by atomic mass is 16.7. The van der Waals surface area contributed by atoms with Gasteiger partial charge in [0.05, 0.1) is 19.8 Å². The first kappa shape index (κ1) is 11.1. The van der Waals surface area contributed by atoms with Gasteiger partial charge in [-0.15, -0.1) is 0 Å². The zero-order valence-corrected chi connectivity index (χ0v) is 8.81. The van der Waals surface area contributed by atoms with E-state index in [1.54, 1.807) is 12.1 Å². The Labute approximate surface area is 93.5 Å². The fourth-order valence-corrected chi connectivity index (χ4v) is 1.49. The number of anilines is 1. The number of benzene rings is 1. The topological polar surface area (TPSA) is 73.6 Å². The molecule has 0 bridgehead atoms. The van der Waals surface area contributed by atoms with Crippen molar-refractivity contribution in [3.8, 4) is 0 Å². The van der Waals surface area contributed by atoms with Gasteiger partial charge in [-0.2, -0.15) is 0 Å². The molecule has 0 aromatic heterocycles. The third-order valence-corrected chi connectivity index (χ3v) is 2.27. The predicted molar refractivity (Wildman–Crippen MR) is 58.8 cm³/mol. The van der Waals surface area contributed by atoms with Gasteiger partial charge >= 0.3 is 0 Å². The molecule has 1 heterocycles. The second-order valence-corrected chi connectivity index (χ2v) is 3.45. The van der Waals surface area contributed by atoms with E-state index in [0.717, 1.165) is 11.3 Å². The molecule has 5 nitrogen and oxygen atoms in total. The fraction of sp³-hybridized carbons (Fsp3) is 0.364. The Morgan fingerprint density at radius 1 is 1.31 bits per heavy atom. The third kappa shape index (κ3) is 2.57. The van der Waals surface area contributed by atoms with Gasteiger partial charge in [0.2, 0.25) is 5.91 Å². The number of hydrogen-bond acceptors (Lipinski definition) is 4. The lowest BCUT2D eigenvalue weighted by atomic mass is 10.2. The minimum Gasteiger partial charge on any atom is -0.346 e. The first-order chi connectivity index (χ1) is 7.79. The number of ether oxygens (including phenoxy) is 2. The third-order valence-electron chi connectivity index (χ3n) is 2.27. The quantitative estimate of drug-likeness (QED) is 0.786. The standard InChI is InChI=1S/C11H14N2O3/c12-7-10(14)13-9-3-1-8(2-4-9)11-15-5-6-16-11/h1-4,11H,5-7,12H2,(H,13,14). The minimum absolute atomic E-state index is 0.0173. The van der Waals surface area contributed by atoms with Crippen LogP contribution in [0.3, 0.4) is 0 Å². The summed E-state index contributed by atoms with van der Waals surface area (Å²) in [5.41, 5.74) is 6.86. The maximum atomic E-state index is 11.0. The number of amides is 1. The van der Waals surface area contributed by atoms with Gasteiger partial charge in [-0.05, 0) is 12.1 Å². The molecule has 0 spiro atoms. The first-order valence-electron chi connectivity index (χ1n) is 5.12. The van der Waals surface area contributed by atoms with Gasteiger partial charge in [0.1, 0.15) is 0 Å². The van der Waals surface area contributed by atoms with Gasteiger partial charge in [0.25, 0.3) is 0 Å². The number of nitrogens with one attached hydrogen (secondary N) is 1. The number of nitrogens with two attached hydrogens (primary N) is 1. The lowest BCUT2D eigenvalue weighted by Gasteiger charge is -2.10. The molecule has 1 aliphatic heterocycles. The summed E-state index contributed by atoms with van der Waals surface area (Å²) in [7, 11) is 0. The smallest absolute Gasteiger partial charge is 0.238 e. The molecule has 5 heteroatoms. The summed E-state index contributed by atoms with van der Waals surface area (Å²) in [4.78, 5) is 11.0. The molecule has 1 aromatic carbocycles. The fourth-order valence-electron chi connectivity index (χ4n) is 1.49. The summed E-state index contributed by atoms with van der Waals surface area (Å²) in [6.07, 6.45) is -0.278.